The largest absolute Gasteiger partial charge is 0.379 e. The van der Waals surface area contributed by atoms with Crippen molar-refractivity contribution in [2.24, 2.45) is 5.10 Å². The Morgan fingerprint density at radius 2 is 2.00 bits per heavy atom. The van der Waals surface area contributed by atoms with Crippen LogP contribution in [0.3, 0.4) is 0 Å². The lowest BCUT2D eigenvalue weighted by Crippen LogP contribution is -2.19. The van der Waals surface area contributed by atoms with Gasteiger partial charge in [0.1, 0.15) is 5.69 Å². The number of halogens is 2. The van der Waals surface area contributed by atoms with Crippen molar-refractivity contribution in [3.63, 3.8) is 0 Å². The van der Waals surface area contributed by atoms with Gasteiger partial charge < -0.3 is 5.73 Å². The number of amides is 1. The molecule has 9 nitrogen and oxygen atoms in total. The van der Waals surface area contributed by atoms with Crippen LogP contribution in [0, 0.1) is 0 Å². The van der Waals surface area contributed by atoms with Crippen LogP contribution in [0.2, 0.25) is 10.0 Å². The second kappa shape index (κ2) is 8.99. The summed E-state index contributed by atoms with van der Waals surface area (Å²) in [5, 5.41) is 16.6. The topological polar surface area (TPSA) is 124 Å². The van der Waals surface area contributed by atoms with Crippen LogP contribution in [0.15, 0.2) is 64.5 Å². The number of nitrogen functional groups attached to an aromatic ring is 1. The standard InChI is InChI=1S/C20H15Cl2N7O2/c21-15-7-6-13(16(22)8-15)10-29-11-14(17(26-29)12-4-2-1-3-5-12)9-24-25-20(30)18-19(23)28-31-27-18/h1-9,11H,10H2,(H2,23,28)(H,25,30)/b24-9-. The summed E-state index contributed by atoms with van der Waals surface area (Å²) in [5.74, 6) is -0.762. The maximum atomic E-state index is 12.1. The number of hydrazone groups is 1. The molecule has 0 aliphatic rings. The number of benzene rings is 2. The summed E-state index contributed by atoms with van der Waals surface area (Å²) in [6.45, 7) is 0.428. The number of anilines is 1. The predicted octanol–water partition coefficient (Wildman–Crippen LogP) is 3.63. The van der Waals surface area contributed by atoms with E-state index in [1.807, 2.05) is 36.4 Å². The monoisotopic (exact) mass is 455 g/mol. The number of nitrogens with one attached hydrogen (secondary N) is 1. The van der Waals surface area contributed by atoms with Crippen molar-refractivity contribution in [2.75, 3.05) is 5.73 Å². The second-order valence-corrected chi connectivity index (χ2v) is 7.27. The molecule has 0 bridgehead atoms. The van der Waals surface area contributed by atoms with Crippen LogP contribution >= 0.6 is 23.2 Å². The molecule has 0 spiro atoms. The molecule has 156 valence electrons. The summed E-state index contributed by atoms with van der Waals surface area (Å²) < 4.78 is 6.15. The predicted molar refractivity (Wildman–Crippen MR) is 117 cm³/mol. The van der Waals surface area contributed by atoms with Crippen LogP contribution in [-0.4, -0.2) is 32.2 Å². The molecule has 0 aliphatic carbocycles. The summed E-state index contributed by atoms with van der Waals surface area (Å²) in [7, 11) is 0. The Labute approximate surface area is 186 Å². The SMILES string of the molecule is Nc1nonc1C(=O)N/N=C\c1cn(Cc2ccc(Cl)cc2Cl)nc1-c1ccccc1. The fraction of sp³-hybridized carbons (Fsp3) is 0.0500. The van der Waals surface area contributed by atoms with E-state index >= 15 is 0 Å². The van der Waals surface area contributed by atoms with Gasteiger partial charge in [-0.1, -0.05) is 59.6 Å². The average molecular weight is 456 g/mol. The minimum Gasteiger partial charge on any atom is -0.379 e. The summed E-state index contributed by atoms with van der Waals surface area (Å²) in [6, 6.07) is 14.9. The van der Waals surface area contributed by atoms with Gasteiger partial charge in [0.2, 0.25) is 11.5 Å². The minimum absolute atomic E-state index is 0.120. The van der Waals surface area contributed by atoms with Crippen molar-refractivity contribution in [1.29, 1.82) is 0 Å². The van der Waals surface area contributed by atoms with E-state index in [9.17, 15) is 4.79 Å². The number of hydrogen-bond donors (Lipinski definition) is 2. The smallest absolute Gasteiger partial charge is 0.297 e. The van der Waals surface area contributed by atoms with Gasteiger partial charge in [-0.2, -0.15) is 10.2 Å². The highest BCUT2D eigenvalue weighted by atomic mass is 35.5. The van der Waals surface area contributed by atoms with Gasteiger partial charge in [-0.15, -0.1) is 0 Å². The zero-order chi connectivity index (χ0) is 21.8. The van der Waals surface area contributed by atoms with Crippen molar-refractivity contribution in [1.82, 2.24) is 25.5 Å². The Morgan fingerprint density at radius 1 is 1.19 bits per heavy atom. The number of aromatic nitrogens is 4. The zero-order valence-electron chi connectivity index (χ0n) is 15.9. The molecule has 3 N–H and O–H groups in total. The first kappa shape index (κ1) is 20.6. The second-order valence-electron chi connectivity index (χ2n) is 6.43. The number of rotatable bonds is 6. The van der Waals surface area contributed by atoms with Crippen LogP contribution in [0.5, 0.6) is 0 Å². The van der Waals surface area contributed by atoms with Gasteiger partial charge in [0, 0.05) is 27.4 Å². The van der Waals surface area contributed by atoms with Crippen molar-refractivity contribution in [2.45, 2.75) is 6.54 Å². The van der Waals surface area contributed by atoms with Crippen LogP contribution in [0.25, 0.3) is 11.3 Å². The fourth-order valence-electron chi connectivity index (χ4n) is 2.82. The molecule has 2 aromatic heterocycles. The van der Waals surface area contributed by atoms with E-state index in [1.54, 1.807) is 23.0 Å². The van der Waals surface area contributed by atoms with Gasteiger partial charge in [-0.3, -0.25) is 9.48 Å². The first-order chi connectivity index (χ1) is 15.0. The summed E-state index contributed by atoms with van der Waals surface area (Å²) in [5.41, 5.74) is 10.8. The maximum Gasteiger partial charge on any atom is 0.297 e. The van der Waals surface area contributed by atoms with E-state index in [1.165, 1.54) is 6.21 Å². The van der Waals surface area contributed by atoms with E-state index in [-0.39, 0.29) is 11.5 Å². The average Bonchev–Trinajstić information content (AvgIpc) is 3.37. The molecular formula is C20H15Cl2N7O2. The zero-order valence-corrected chi connectivity index (χ0v) is 17.4. The third-order valence-electron chi connectivity index (χ3n) is 4.28. The Kier molecular flexibility index (Phi) is 5.96. The highest BCUT2D eigenvalue weighted by Gasteiger charge is 2.15. The molecule has 2 aromatic carbocycles. The lowest BCUT2D eigenvalue weighted by Gasteiger charge is -2.05. The Bertz CT molecular complexity index is 1250. The highest BCUT2D eigenvalue weighted by molar-refractivity contribution is 6.35. The molecule has 0 atom stereocenters. The first-order valence-corrected chi connectivity index (χ1v) is 9.75. The van der Waals surface area contributed by atoms with Gasteiger partial charge in [-0.25, -0.2) is 10.1 Å². The lowest BCUT2D eigenvalue weighted by molar-refractivity contribution is 0.0946. The first-order valence-electron chi connectivity index (χ1n) is 8.99. The molecule has 4 rings (SSSR count). The van der Waals surface area contributed by atoms with Crippen molar-refractivity contribution < 1.29 is 9.42 Å². The summed E-state index contributed by atoms with van der Waals surface area (Å²) in [6.07, 6.45) is 3.28. The number of hydrogen-bond acceptors (Lipinski definition) is 7. The number of nitrogens with two attached hydrogens (primary N) is 1. The molecule has 0 radical (unpaired) electrons. The molecule has 4 aromatic rings. The normalized spacial score (nSPS) is 11.2. The van der Waals surface area contributed by atoms with Crippen molar-refractivity contribution in [3.05, 3.63) is 81.6 Å². The van der Waals surface area contributed by atoms with Crippen LogP contribution < -0.4 is 11.2 Å². The minimum atomic E-state index is -0.642. The fourth-order valence-corrected chi connectivity index (χ4v) is 3.29. The molecule has 0 saturated carbocycles. The Morgan fingerprint density at radius 3 is 2.71 bits per heavy atom. The molecule has 11 heteroatoms. The Hall–Kier alpha value is -3.69. The van der Waals surface area contributed by atoms with Crippen LogP contribution in [0.1, 0.15) is 21.6 Å². The van der Waals surface area contributed by atoms with E-state index in [0.29, 0.717) is 27.8 Å². The Balaban J connectivity index is 1.61. The van der Waals surface area contributed by atoms with Crippen LogP contribution in [0.4, 0.5) is 5.82 Å². The van der Waals surface area contributed by atoms with E-state index < -0.39 is 5.91 Å². The molecule has 0 saturated heterocycles. The summed E-state index contributed by atoms with van der Waals surface area (Å²) in [4.78, 5) is 12.1. The molecule has 0 aliphatic heterocycles. The summed E-state index contributed by atoms with van der Waals surface area (Å²) >= 11 is 12.3. The number of carbonyl (C=O) groups is 1. The molecule has 0 fully saturated rings. The molecule has 0 unspecified atom stereocenters. The lowest BCUT2D eigenvalue weighted by atomic mass is 10.1. The van der Waals surface area contributed by atoms with E-state index in [0.717, 1.165) is 11.1 Å². The van der Waals surface area contributed by atoms with Gasteiger partial charge in [0.15, 0.2) is 0 Å². The van der Waals surface area contributed by atoms with Crippen molar-refractivity contribution in [3.8, 4) is 11.3 Å². The van der Waals surface area contributed by atoms with Crippen molar-refractivity contribution >= 4 is 41.1 Å². The molecular weight excluding hydrogens is 441 g/mol. The number of carbonyl (C=O) groups excluding carboxylic acids is 1. The van der Waals surface area contributed by atoms with Gasteiger partial charge in [0.05, 0.1) is 12.8 Å². The third-order valence-corrected chi connectivity index (χ3v) is 4.87. The van der Waals surface area contributed by atoms with E-state index in [2.05, 4.69) is 30.6 Å². The molecule has 2 heterocycles. The highest BCUT2D eigenvalue weighted by Crippen LogP contribution is 2.24. The number of nitrogens with zero attached hydrogens (tertiary/aromatic N) is 5. The quantitative estimate of drug-likeness (QED) is 0.337. The molecule has 31 heavy (non-hydrogen) atoms. The maximum absolute atomic E-state index is 12.1. The van der Waals surface area contributed by atoms with Crippen LogP contribution in [-0.2, 0) is 6.54 Å². The van der Waals surface area contributed by atoms with Gasteiger partial charge >= 0.3 is 0 Å². The van der Waals surface area contributed by atoms with Gasteiger partial charge in [0.25, 0.3) is 5.91 Å². The van der Waals surface area contributed by atoms with Gasteiger partial charge in [-0.05, 0) is 28.0 Å². The molecule has 1 amide bonds. The van der Waals surface area contributed by atoms with E-state index in [4.69, 9.17) is 28.9 Å². The third kappa shape index (κ3) is 4.73.